The van der Waals surface area contributed by atoms with Gasteiger partial charge in [-0.1, -0.05) is 133 Å². The lowest BCUT2D eigenvalue weighted by Crippen LogP contribution is -2.49. The van der Waals surface area contributed by atoms with E-state index >= 15 is 0 Å². The zero-order valence-corrected chi connectivity index (χ0v) is 33.6. The van der Waals surface area contributed by atoms with Crippen molar-refractivity contribution in [3.05, 3.63) is 173 Å². The molecule has 0 aliphatic heterocycles. The molecule has 0 radical (unpaired) electrons. The number of esters is 1. The number of methoxy groups -OCH3 is 1. The van der Waals surface area contributed by atoms with Crippen molar-refractivity contribution < 1.29 is 33.4 Å². The van der Waals surface area contributed by atoms with Crippen LogP contribution in [-0.4, -0.2) is 60.9 Å². The minimum atomic E-state index is -1.04. The van der Waals surface area contributed by atoms with Gasteiger partial charge in [0.15, 0.2) is 0 Å². The Morgan fingerprint density at radius 1 is 0.644 bits per heavy atom. The Kier molecular flexibility index (Phi) is 16.6. The predicted molar refractivity (Wildman–Crippen MR) is 226 cm³/mol. The largest absolute Gasteiger partial charge is 0.497 e. The van der Waals surface area contributed by atoms with E-state index in [1.807, 2.05) is 153 Å². The highest BCUT2D eigenvalue weighted by molar-refractivity contribution is 6.37. The van der Waals surface area contributed by atoms with E-state index in [9.17, 15) is 19.2 Å². The van der Waals surface area contributed by atoms with E-state index in [4.69, 9.17) is 14.2 Å². The molecule has 2 atom stereocenters. The van der Waals surface area contributed by atoms with Crippen LogP contribution in [-0.2, 0) is 37.1 Å². The first-order valence-corrected chi connectivity index (χ1v) is 19.6. The van der Waals surface area contributed by atoms with Gasteiger partial charge in [-0.3, -0.25) is 14.5 Å². The summed E-state index contributed by atoms with van der Waals surface area (Å²) >= 11 is 0. The van der Waals surface area contributed by atoms with E-state index in [1.165, 1.54) is 0 Å². The van der Waals surface area contributed by atoms with Crippen LogP contribution in [0.15, 0.2) is 151 Å². The topological polar surface area (TPSA) is 148 Å². The van der Waals surface area contributed by atoms with E-state index in [0.717, 1.165) is 32.7 Å². The van der Waals surface area contributed by atoms with Gasteiger partial charge in [0.2, 0.25) is 17.6 Å². The van der Waals surface area contributed by atoms with Crippen LogP contribution in [0.25, 0.3) is 0 Å². The van der Waals surface area contributed by atoms with Gasteiger partial charge in [-0.2, -0.15) is 5.10 Å². The number of hydrazone groups is 1. The Bertz CT molecular complexity index is 2060. The van der Waals surface area contributed by atoms with Crippen LogP contribution in [0.5, 0.6) is 5.75 Å². The maximum absolute atomic E-state index is 14.3. The highest BCUT2D eigenvalue weighted by Crippen LogP contribution is 2.26. The SMILES string of the molecule is CCNN=C(C(=O)OCc1ccccc1)N(CCC[C@@H](NC(=O)C(c1ccccc1)c1ccccc1)C(=O)N[C@H](C)c1ccc(OC)cc1)C(=O)OCc1ccccc1. The van der Waals surface area contributed by atoms with E-state index < -0.39 is 36.0 Å². The lowest BCUT2D eigenvalue weighted by Gasteiger charge is -2.26. The molecule has 5 aromatic rings. The molecule has 306 valence electrons. The maximum Gasteiger partial charge on any atom is 0.416 e. The van der Waals surface area contributed by atoms with Crippen LogP contribution >= 0.6 is 0 Å². The van der Waals surface area contributed by atoms with Gasteiger partial charge in [-0.15, -0.1) is 0 Å². The lowest BCUT2D eigenvalue weighted by atomic mass is 9.90. The molecule has 3 amide bonds. The fraction of sp³-hybridized carbons (Fsp3) is 0.255. The van der Waals surface area contributed by atoms with Crippen molar-refractivity contribution in [3.63, 3.8) is 0 Å². The summed E-state index contributed by atoms with van der Waals surface area (Å²) in [6.45, 7) is 3.78. The molecule has 0 saturated carbocycles. The van der Waals surface area contributed by atoms with Gasteiger partial charge in [0.25, 0.3) is 0 Å². The summed E-state index contributed by atoms with van der Waals surface area (Å²) in [6, 6.07) is 42.9. The van der Waals surface area contributed by atoms with Crippen LogP contribution in [0.3, 0.4) is 0 Å². The Balaban J connectivity index is 1.41. The third kappa shape index (κ3) is 13.0. The first kappa shape index (κ1) is 43.2. The number of benzene rings is 5. The van der Waals surface area contributed by atoms with Crippen molar-refractivity contribution in [1.29, 1.82) is 0 Å². The molecule has 0 spiro atoms. The summed E-state index contributed by atoms with van der Waals surface area (Å²) in [5, 5.41) is 10.3. The van der Waals surface area contributed by atoms with Crippen LogP contribution in [0, 0.1) is 0 Å². The summed E-state index contributed by atoms with van der Waals surface area (Å²) < 4.78 is 16.6. The summed E-state index contributed by atoms with van der Waals surface area (Å²) in [5.74, 6) is -2.00. The molecular weight excluding hydrogens is 747 g/mol. The number of amidine groups is 1. The summed E-state index contributed by atoms with van der Waals surface area (Å²) in [4.78, 5) is 57.2. The smallest absolute Gasteiger partial charge is 0.416 e. The number of ether oxygens (including phenoxy) is 3. The second kappa shape index (κ2) is 22.7. The summed E-state index contributed by atoms with van der Waals surface area (Å²) in [7, 11) is 1.58. The van der Waals surface area contributed by atoms with E-state index in [0.29, 0.717) is 12.3 Å². The van der Waals surface area contributed by atoms with Gasteiger partial charge in [0.05, 0.1) is 19.1 Å². The van der Waals surface area contributed by atoms with Crippen molar-refractivity contribution >= 4 is 29.7 Å². The molecule has 0 unspecified atom stereocenters. The molecule has 0 fully saturated rings. The molecule has 0 bridgehead atoms. The quantitative estimate of drug-likeness (QED) is 0.0363. The summed E-state index contributed by atoms with van der Waals surface area (Å²) in [6.07, 6.45) is -0.610. The Morgan fingerprint density at radius 2 is 1.17 bits per heavy atom. The molecule has 0 aliphatic carbocycles. The molecule has 0 aliphatic rings. The number of hydrogen-bond donors (Lipinski definition) is 3. The van der Waals surface area contributed by atoms with Crippen molar-refractivity contribution in [2.24, 2.45) is 5.10 Å². The number of nitrogens with one attached hydrogen (secondary N) is 3. The average molecular weight is 798 g/mol. The van der Waals surface area contributed by atoms with Crippen molar-refractivity contribution in [3.8, 4) is 5.75 Å². The summed E-state index contributed by atoms with van der Waals surface area (Å²) in [5.41, 5.74) is 6.62. The first-order chi connectivity index (χ1) is 28.8. The lowest BCUT2D eigenvalue weighted by molar-refractivity contribution is -0.137. The van der Waals surface area contributed by atoms with Gasteiger partial charge in [0.1, 0.15) is 25.0 Å². The number of rotatable bonds is 18. The minimum Gasteiger partial charge on any atom is -0.497 e. The van der Waals surface area contributed by atoms with Crippen LogP contribution in [0.1, 0.15) is 66.5 Å². The zero-order valence-electron chi connectivity index (χ0n) is 33.6. The molecule has 3 N–H and O–H groups in total. The van der Waals surface area contributed by atoms with Gasteiger partial charge < -0.3 is 30.3 Å². The Labute approximate surface area is 345 Å². The predicted octanol–water partition coefficient (Wildman–Crippen LogP) is 7.27. The third-order valence-corrected chi connectivity index (χ3v) is 9.43. The molecule has 5 aromatic carbocycles. The highest BCUT2D eigenvalue weighted by atomic mass is 16.6. The molecule has 59 heavy (non-hydrogen) atoms. The second-order valence-corrected chi connectivity index (χ2v) is 13.7. The molecule has 0 heterocycles. The van der Waals surface area contributed by atoms with Crippen LogP contribution in [0.4, 0.5) is 4.79 Å². The fourth-order valence-corrected chi connectivity index (χ4v) is 6.29. The molecular formula is C47H51N5O7. The highest BCUT2D eigenvalue weighted by Gasteiger charge is 2.32. The number of carbonyl (C=O) groups excluding carboxylic acids is 4. The molecule has 0 aromatic heterocycles. The number of hydrogen-bond acceptors (Lipinski definition) is 9. The maximum atomic E-state index is 14.3. The van der Waals surface area contributed by atoms with Crippen LogP contribution < -0.4 is 20.8 Å². The van der Waals surface area contributed by atoms with Crippen molar-refractivity contribution in [2.45, 2.75) is 57.9 Å². The van der Waals surface area contributed by atoms with Crippen LogP contribution in [0.2, 0.25) is 0 Å². The first-order valence-electron chi connectivity index (χ1n) is 19.6. The Morgan fingerprint density at radius 3 is 1.69 bits per heavy atom. The molecule has 12 nitrogen and oxygen atoms in total. The zero-order chi connectivity index (χ0) is 41.8. The van der Waals surface area contributed by atoms with Gasteiger partial charge in [-0.25, -0.2) is 9.59 Å². The van der Waals surface area contributed by atoms with E-state index in [2.05, 4.69) is 21.2 Å². The third-order valence-electron chi connectivity index (χ3n) is 9.43. The van der Waals surface area contributed by atoms with E-state index in [1.54, 1.807) is 14.0 Å². The number of carbonyl (C=O) groups is 4. The average Bonchev–Trinajstić information content (AvgIpc) is 3.28. The fourth-order valence-electron chi connectivity index (χ4n) is 6.29. The minimum absolute atomic E-state index is 0.0532. The molecule has 5 rings (SSSR count). The van der Waals surface area contributed by atoms with Gasteiger partial charge in [0, 0.05) is 13.1 Å². The van der Waals surface area contributed by atoms with Crippen molar-refractivity contribution in [1.82, 2.24) is 21.0 Å². The number of nitrogens with zero attached hydrogens (tertiary/aromatic N) is 2. The second-order valence-electron chi connectivity index (χ2n) is 13.7. The monoisotopic (exact) mass is 797 g/mol. The Hall–Kier alpha value is -6.95. The van der Waals surface area contributed by atoms with Crippen molar-refractivity contribution in [2.75, 3.05) is 20.2 Å². The molecule has 0 saturated heterocycles. The van der Waals surface area contributed by atoms with Gasteiger partial charge >= 0.3 is 12.1 Å². The van der Waals surface area contributed by atoms with Gasteiger partial charge in [-0.05, 0) is 66.6 Å². The number of amides is 3. The molecule has 12 heteroatoms. The standard InChI is InChI=1S/C47H51N5O7/c1-4-48-51-43(46(55)58-32-35-18-9-5-10-19-35)52(47(56)59-33-36-20-11-6-12-21-36)31-17-26-41(44(53)49-34(2)37-27-29-40(57-3)30-28-37)50-45(54)42(38-22-13-7-14-23-38)39-24-15-8-16-25-39/h5-16,18-25,27-30,34,41-42,48H,4,17,26,31-33H2,1-3H3,(H,49,53)(H,50,54)/t34-,41-/m1/s1. The van der Waals surface area contributed by atoms with E-state index in [-0.39, 0.29) is 44.3 Å². The normalized spacial score (nSPS) is 12.1.